The Morgan fingerprint density at radius 3 is 2.45 bits per heavy atom. The Morgan fingerprint density at radius 1 is 1.27 bits per heavy atom. The van der Waals surface area contributed by atoms with Crippen LogP contribution in [0.1, 0.15) is 6.92 Å². The van der Waals surface area contributed by atoms with E-state index in [9.17, 15) is 19.6 Å². The van der Waals surface area contributed by atoms with Crippen LogP contribution in [-0.4, -0.2) is 16.4 Å². The summed E-state index contributed by atoms with van der Waals surface area (Å²) in [5.74, 6) is 0. The highest BCUT2D eigenvalue weighted by atomic mass is 32.1. The molecule has 0 bridgehead atoms. The molecule has 116 valence electrons. The molecule has 0 aromatic heterocycles. The number of hydrogen-bond acceptors (Lipinski definition) is 5. The van der Waals surface area contributed by atoms with E-state index in [1.165, 1.54) is 18.2 Å². The van der Waals surface area contributed by atoms with Crippen molar-refractivity contribution in [2.45, 2.75) is 11.8 Å². The van der Waals surface area contributed by atoms with Crippen molar-refractivity contribution in [3.8, 4) is 11.1 Å². The quantitative estimate of drug-likeness (QED) is 0.377. The van der Waals surface area contributed by atoms with Gasteiger partial charge in [-0.15, -0.1) is 12.6 Å². The van der Waals surface area contributed by atoms with Gasteiger partial charge in [-0.2, -0.15) is 0 Å². The normalized spacial score (nSPS) is 13.6. The van der Waals surface area contributed by atoms with E-state index < -0.39 is 12.5 Å². The van der Waals surface area contributed by atoms with Crippen LogP contribution in [0.15, 0.2) is 47.4 Å². The van der Waals surface area contributed by atoms with Gasteiger partial charge in [0, 0.05) is 17.0 Å². The minimum atomic E-state index is -3.94. The molecule has 22 heavy (non-hydrogen) atoms. The van der Waals surface area contributed by atoms with Crippen LogP contribution in [-0.2, 0) is 9.09 Å². The van der Waals surface area contributed by atoms with Crippen LogP contribution in [0.3, 0.4) is 0 Å². The number of non-ortho nitro benzene ring substituents is 1. The zero-order valence-corrected chi connectivity index (χ0v) is 13.5. The van der Waals surface area contributed by atoms with E-state index in [2.05, 4.69) is 12.6 Å². The number of nitro benzene ring substituents is 1. The maximum atomic E-state index is 12.2. The van der Waals surface area contributed by atoms with Gasteiger partial charge in [0.25, 0.3) is 5.69 Å². The van der Waals surface area contributed by atoms with E-state index in [1.807, 2.05) is 0 Å². The van der Waals surface area contributed by atoms with Gasteiger partial charge in [0.2, 0.25) is 0 Å². The van der Waals surface area contributed by atoms with Crippen molar-refractivity contribution in [2.24, 2.45) is 0 Å². The van der Waals surface area contributed by atoms with E-state index in [-0.39, 0.29) is 17.6 Å². The molecule has 2 rings (SSSR count). The molecule has 0 radical (unpaired) electrons. The maximum absolute atomic E-state index is 12.2. The van der Waals surface area contributed by atoms with E-state index in [1.54, 1.807) is 31.2 Å². The number of nitro groups is 1. The van der Waals surface area contributed by atoms with Crippen molar-refractivity contribution in [1.29, 1.82) is 0 Å². The van der Waals surface area contributed by atoms with E-state index in [4.69, 9.17) is 4.52 Å². The van der Waals surface area contributed by atoms with Crippen LogP contribution in [0.5, 0.6) is 0 Å². The highest BCUT2D eigenvalue weighted by molar-refractivity contribution is 7.81. The minimum Gasteiger partial charge on any atom is -0.321 e. The van der Waals surface area contributed by atoms with Crippen LogP contribution in [0.4, 0.5) is 5.69 Å². The number of hydrogen-bond donors (Lipinski definition) is 2. The molecule has 1 atom stereocenters. The SMILES string of the molecule is CCOP(=O)(O)c1cccc(-c2ccc([N+](=O)[O-])cc2)c1S. The van der Waals surface area contributed by atoms with Gasteiger partial charge in [-0.05, 0) is 36.2 Å². The molecule has 0 saturated carbocycles. The fourth-order valence-corrected chi connectivity index (χ4v) is 3.81. The lowest BCUT2D eigenvalue weighted by molar-refractivity contribution is -0.384. The van der Waals surface area contributed by atoms with E-state index in [0.717, 1.165) is 0 Å². The molecule has 1 N–H and O–H groups in total. The summed E-state index contributed by atoms with van der Waals surface area (Å²) < 4.78 is 17.1. The average Bonchev–Trinajstić information content (AvgIpc) is 2.47. The van der Waals surface area contributed by atoms with Crippen molar-refractivity contribution >= 4 is 31.2 Å². The lowest BCUT2D eigenvalue weighted by atomic mass is 10.1. The molecule has 0 spiro atoms. The third-order valence-electron chi connectivity index (χ3n) is 3.01. The van der Waals surface area contributed by atoms with Crippen molar-refractivity contribution in [2.75, 3.05) is 6.61 Å². The van der Waals surface area contributed by atoms with Gasteiger partial charge in [-0.1, -0.05) is 12.1 Å². The van der Waals surface area contributed by atoms with Crippen LogP contribution >= 0.6 is 20.2 Å². The molecule has 0 aliphatic carbocycles. The number of rotatable bonds is 5. The van der Waals surface area contributed by atoms with Gasteiger partial charge in [0.05, 0.1) is 16.8 Å². The molecule has 0 saturated heterocycles. The fraction of sp³-hybridized carbons (Fsp3) is 0.143. The van der Waals surface area contributed by atoms with Crippen molar-refractivity contribution in [3.63, 3.8) is 0 Å². The maximum Gasteiger partial charge on any atom is 0.359 e. The summed E-state index contributed by atoms with van der Waals surface area (Å²) in [5, 5.41) is 10.8. The Kier molecular flexibility index (Phi) is 5.03. The van der Waals surface area contributed by atoms with Gasteiger partial charge in [-0.3, -0.25) is 14.7 Å². The summed E-state index contributed by atoms with van der Waals surface area (Å²) >= 11 is 4.33. The first-order chi connectivity index (χ1) is 10.4. The van der Waals surface area contributed by atoms with Gasteiger partial charge in [-0.25, -0.2) is 0 Å². The third-order valence-corrected chi connectivity index (χ3v) is 5.26. The standard InChI is InChI=1S/C14H14NO5PS/c1-2-20-21(18,19)13-5-3-4-12(14(13)22)10-6-8-11(9-7-10)15(16)17/h3-9,22H,2H2,1H3,(H,18,19). The first-order valence-corrected chi connectivity index (χ1v) is 8.44. The first kappa shape index (κ1) is 16.7. The summed E-state index contributed by atoms with van der Waals surface area (Å²) in [4.78, 5) is 20.5. The Morgan fingerprint density at radius 2 is 1.91 bits per heavy atom. The predicted octanol–water partition coefficient (Wildman–Crippen LogP) is 3.40. The number of thiol groups is 1. The number of nitrogens with zero attached hydrogens (tertiary/aromatic N) is 1. The highest BCUT2D eigenvalue weighted by Crippen LogP contribution is 2.44. The Bertz CT molecular complexity index is 747. The Labute approximate surface area is 132 Å². The molecule has 1 unspecified atom stereocenters. The van der Waals surface area contributed by atoms with E-state index in [0.29, 0.717) is 16.0 Å². The second kappa shape index (κ2) is 6.62. The largest absolute Gasteiger partial charge is 0.359 e. The monoisotopic (exact) mass is 339 g/mol. The van der Waals surface area contributed by atoms with Crippen LogP contribution in [0, 0.1) is 10.1 Å². The summed E-state index contributed by atoms with van der Waals surface area (Å²) in [6, 6.07) is 10.7. The second-order valence-electron chi connectivity index (χ2n) is 4.42. The zero-order chi connectivity index (χ0) is 16.3. The fourth-order valence-electron chi connectivity index (χ4n) is 2.00. The topological polar surface area (TPSA) is 89.7 Å². The molecule has 0 aliphatic heterocycles. The summed E-state index contributed by atoms with van der Waals surface area (Å²) in [6.07, 6.45) is 0. The van der Waals surface area contributed by atoms with Crippen LogP contribution in [0.2, 0.25) is 0 Å². The lowest BCUT2D eigenvalue weighted by Gasteiger charge is -2.15. The summed E-state index contributed by atoms with van der Waals surface area (Å²) in [6.45, 7) is 1.73. The first-order valence-electron chi connectivity index (χ1n) is 6.41. The van der Waals surface area contributed by atoms with Crippen molar-refractivity contribution < 1.29 is 18.9 Å². The summed E-state index contributed by atoms with van der Waals surface area (Å²) in [5.41, 5.74) is 1.24. The van der Waals surface area contributed by atoms with Crippen LogP contribution in [0.25, 0.3) is 11.1 Å². The Balaban J connectivity index is 2.49. The Hall–Kier alpha value is -1.66. The highest BCUT2D eigenvalue weighted by Gasteiger charge is 2.26. The van der Waals surface area contributed by atoms with Gasteiger partial charge in [0.15, 0.2) is 0 Å². The molecule has 0 heterocycles. The van der Waals surface area contributed by atoms with Crippen molar-refractivity contribution in [1.82, 2.24) is 0 Å². The molecular formula is C14H14NO5PS. The molecule has 2 aromatic rings. The smallest absolute Gasteiger partial charge is 0.321 e. The van der Waals surface area contributed by atoms with E-state index >= 15 is 0 Å². The van der Waals surface area contributed by atoms with Crippen LogP contribution < -0.4 is 5.30 Å². The third kappa shape index (κ3) is 3.39. The van der Waals surface area contributed by atoms with Gasteiger partial charge >= 0.3 is 7.60 Å². The minimum absolute atomic E-state index is 0.0252. The van der Waals surface area contributed by atoms with Gasteiger partial charge < -0.3 is 9.42 Å². The second-order valence-corrected chi connectivity index (χ2v) is 6.64. The zero-order valence-electron chi connectivity index (χ0n) is 11.7. The molecule has 0 amide bonds. The predicted molar refractivity (Wildman–Crippen MR) is 86.9 cm³/mol. The molecule has 0 fully saturated rings. The summed E-state index contributed by atoms with van der Waals surface area (Å²) in [7, 11) is -3.94. The molecule has 0 aliphatic rings. The van der Waals surface area contributed by atoms with Crippen molar-refractivity contribution in [3.05, 3.63) is 52.6 Å². The molecular weight excluding hydrogens is 325 g/mol. The lowest BCUT2D eigenvalue weighted by Crippen LogP contribution is -2.10. The van der Waals surface area contributed by atoms with Gasteiger partial charge in [0.1, 0.15) is 0 Å². The molecule has 2 aromatic carbocycles. The molecule has 8 heteroatoms. The number of benzene rings is 2. The average molecular weight is 339 g/mol. The molecule has 6 nitrogen and oxygen atoms in total.